The van der Waals surface area contributed by atoms with E-state index in [1.165, 1.54) is 17.9 Å². The van der Waals surface area contributed by atoms with E-state index in [0.29, 0.717) is 24.9 Å². The van der Waals surface area contributed by atoms with Gasteiger partial charge in [0, 0.05) is 28.6 Å². The lowest BCUT2D eigenvalue weighted by Crippen LogP contribution is -2.62. The van der Waals surface area contributed by atoms with Crippen LogP contribution in [0.2, 0.25) is 0 Å². The Kier molecular flexibility index (Phi) is 7.02. The van der Waals surface area contributed by atoms with Gasteiger partial charge in [-0.3, -0.25) is 9.59 Å². The number of allylic oxidation sites excluding steroid dienone is 3. The highest BCUT2D eigenvalue weighted by Gasteiger charge is 2.70. The van der Waals surface area contributed by atoms with Gasteiger partial charge in [-0.2, -0.15) is 0 Å². The highest BCUT2D eigenvalue weighted by atomic mass is 32.1. The fourth-order valence-electron chi connectivity index (χ4n) is 9.00. The number of carbonyl (C=O) groups is 2. The number of esters is 1. The summed E-state index contributed by atoms with van der Waals surface area (Å²) < 4.78 is 20.0. The number of halogens is 1. The fourth-order valence-corrected chi connectivity index (χ4v) is 9.41. The van der Waals surface area contributed by atoms with Crippen LogP contribution in [0.25, 0.3) is 0 Å². The average molecular weight is 583 g/mol. The van der Waals surface area contributed by atoms with E-state index in [0.717, 1.165) is 43.4 Å². The minimum absolute atomic E-state index is 0.0751. The molecular formula is C32H39FN2O5S. The molecule has 0 amide bonds. The lowest BCUT2D eigenvalue weighted by Gasteiger charge is -2.60. The molecule has 6 rings (SSSR count). The van der Waals surface area contributed by atoms with Crippen LogP contribution in [0.3, 0.4) is 0 Å². The molecular weight excluding hydrogens is 543 g/mol. The molecule has 4 saturated carbocycles. The zero-order valence-corrected chi connectivity index (χ0v) is 24.5. The van der Waals surface area contributed by atoms with Crippen molar-refractivity contribution < 1.29 is 28.9 Å². The molecule has 0 saturated heterocycles. The van der Waals surface area contributed by atoms with E-state index in [-0.39, 0.29) is 40.6 Å². The second-order valence-electron chi connectivity index (χ2n) is 13.3. The monoisotopic (exact) mass is 582 g/mol. The van der Waals surface area contributed by atoms with E-state index in [2.05, 4.69) is 30.9 Å². The highest BCUT2D eigenvalue weighted by Crippen LogP contribution is 2.69. The smallest absolute Gasteiger partial charge is 0.309 e. The maximum atomic E-state index is 14.0. The lowest BCUT2D eigenvalue weighted by atomic mass is 9.45. The number of hydrogen-bond acceptors (Lipinski definition) is 7. The summed E-state index contributed by atoms with van der Waals surface area (Å²) in [5.74, 6) is -0.762. The van der Waals surface area contributed by atoms with Crippen molar-refractivity contribution in [2.24, 2.45) is 34.5 Å². The van der Waals surface area contributed by atoms with E-state index < -0.39 is 34.7 Å². The fraction of sp³-hybridized carbons (Fsp3) is 0.594. The van der Waals surface area contributed by atoms with Gasteiger partial charge in [-0.15, -0.1) is 12.6 Å². The van der Waals surface area contributed by atoms with E-state index in [4.69, 9.17) is 10.1 Å². The first kappa shape index (κ1) is 28.6. The van der Waals surface area contributed by atoms with Gasteiger partial charge in [-0.25, -0.2) is 4.39 Å². The second-order valence-corrected chi connectivity index (χ2v) is 13.7. The number of ether oxygens (including phenoxy) is 1. The molecule has 0 radical (unpaired) electrons. The number of anilines is 1. The molecule has 1 aromatic carbocycles. The van der Waals surface area contributed by atoms with Crippen LogP contribution in [0.15, 0.2) is 41.1 Å². The number of nitrogens with one attached hydrogen (secondary N) is 2. The minimum Gasteiger partial charge on any atom is -0.449 e. The van der Waals surface area contributed by atoms with Gasteiger partial charge in [-0.05, 0) is 104 Å². The minimum atomic E-state index is -1.32. The molecule has 0 bridgehead atoms. The number of thiol groups is 1. The van der Waals surface area contributed by atoms with Gasteiger partial charge < -0.3 is 25.7 Å². The van der Waals surface area contributed by atoms with Gasteiger partial charge in [0.25, 0.3) is 0 Å². The third-order valence-electron chi connectivity index (χ3n) is 11.2. The Morgan fingerprint density at radius 1 is 1.24 bits per heavy atom. The summed E-state index contributed by atoms with van der Waals surface area (Å²) in [7, 11) is 0. The van der Waals surface area contributed by atoms with Crippen molar-refractivity contribution in [3.63, 3.8) is 0 Å². The van der Waals surface area contributed by atoms with Crippen LogP contribution in [0, 0.1) is 45.7 Å². The van der Waals surface area contributed by atoms with Crippen molar-refractivity contribution in [1.29, 1.82) is 5.41 Å². The summed E-state index contributed by atoms with van der Waals surface area (Å²) in [4.78, 5) is 25.9. The molecule has 4 fully saturated rings. The molecule has 7 atom stereocenters. The second kappa shape index (κ2) is 10.1. The molecule has 4 N–H and O–H groups in total. The molecule has 5 aliphatic carbocycles. The number of carbonyl (C=O) groups excluding carboxylic acids is 2. The quantitative estimate of drug-likeness (QED) is 0.169. The first-order chi connectivity index (χ1) is 19.5. The molecule has 5 aliphatic rings. The van der Waals surface area contributed by atoms with Gasteiger partial charge in [0.15, 0.2) is 5.60 Å². The first-order valence-electron chi connectivity index (χ1n) is 14.7. The highest BCUT2D eigenvalue weighted by molar-refractivity contribution is 7.96. The predicted molar refractivity (Wildman–Crippen MR) is 156 cm³/mol. The third-order valence-corrected chi connectivity index (χ3v) is 11.6. The van der Waals surface area contributed by atoms with Crippen LogP contribution in [0.4, 0.5) is 10.1 Å². The zero-order chi connectivity index (χ0) is 29.3. The summed E-state index contributed by atoms with van der Waals surface area (Å²) in [5.41, 5.74) is 1.17. The summed E-state index contributed by atoms with van der Waals surface area (Å²) >= 11 is 4.27. The molecule has 0 heterocycles. The lowest BCUT2D eigenvalue weighted by molar-refractivity contribution is -0.197. The summed E-state index contributed by atoms with van der Waals surface area (Å²) in [5, 5.41) is 32.5. The molecule has 1 aromatic rings. The number of hydrogen-bond donors (Lipinski definition) is 5. The number of aliphatic hydroxyl groups is 2. The third kappa shape index (κ3) is 4.33. The zero-order valence-electron chi connectivity index (χ0n) is 23.6. The van der Waals surface area contributed by atoms with Gasteiger partial charge in [-0.1, -0.05) is 19.4 Å². The Labute approximate surface area is 245 Å². The maximum absolute atomic E-state index is 14.0. The van der Waals surface area contributed by atoms with Crippen molar-refractivity contribution in [2.75, 3.05) is 5.32 Å². The Hall–Kier alpha value is -2.49. The first-order valence-corrected chi connectivity index (χ1v) is 15.2. The van der Waals surface area contributed by atoms with Gasteiger partial charge >= 0.3 is 5.97 Å². The van der Waals surface area contributed by atoms with Crippen LogP contribution < -0.4 is 5.32 Å². The Bertz CT molecular complexity index is 1370. The van der Waals surface area contributed by atoms with E-state index in [9.17, 15) is 24.2 Å². The van der Waals surface area contributed by atoms with E-state index in [1.54, 1.807) is 12.1 Å². The molecule has 0 aliphatic heterocycles. The van der Waals surface area contributed by atoms with Gasteiger partial charge in [0.2, 0.25) is 5.12 Å². The van der Waals surface area contributed by atoms with Gasteiger partial charge in [0.1, 0.15) is 5.82 Å². The number of rotatable bonds is 7. The van der Waals surface area contributed by atoms with Crippen molar-refractivity contribution in [3.8, 4) is 0 Å². The Morgan fingerprint density at radius 3 is 2.66 bits per heavy atom. The van der Waals surface area contributed by atoms with Crippen LogP contribution in [-0.4, -0.2) is 39.2 Å². The summed E-state index contributed by atoms with van der Waals surface area (Å²) in [6.07, 6.45) is 8.02. The Morgan fingerprint density at radius 2 is 2.00 bits per heavy atom. The van der Waals surface area contributed by atoms with Crippen LogP contribution in [0.1, 0.15) is 70.8 Å². The average Bonchev–Trinajstić information content (AvgIpc) is 3.74. The molecule has 41 heavy (non-hydrogen) atoms. The van der Waals surface area contributed by atoms with Crippen LogP contribution in [0.5, 0.6) is 0 Å². The summed E-state index contributed by atoms with van der Waals surface area (Å²) in [6, 6.07) is 4.51. The molecule has 0 unspecified atom stereocenters. The van der Waals surface area contributed by atoms with Gasteiger partial charge in [0.05, 0.1) is 18.6 Å². The molecule has 0 spiro atoms. The predicted octanol–water partition coefficient (Wildman–Crippen LogP) is 5.33. The normalized spacial score (nSPS) is 37.9. The number of aliphatic hydroxyl groups excluding tert-OH is 2. The maximum Gasteiger partial charge on any atom is 0.309 e. The van der Waals surface area contributed by atoms with Crippen molar-refractivity contribution >= 4 is 35.6 Å². The largest absolute Gasteiger partial charge is 0.449 e. The van der Waals surface area contributed by atoms with Crippen molar-refractivity contribution in [1.82, 2.24) is 0 Å². The molecule has 9 heteroatoms. The number of benzene rings is 1. The van der Waals surface area contributed by atoms with Crippen molar-refractivity contribution in [3.05, 3.63) is 52.5 Å². The standard InChI is InChI=1S/C32H39FN2O5S/c1-30-13-19(15-34)25(35-21-6-8-24(33)18(11-21)16-36)12-20(30)5-7-22-23-9-10-32(29(39)41,40-28(38)17-3-4-17)31(23,2)14-26(37)27(22)30/h6,8,11-12,15,17,22-23,26-27,34-37H,3-5,7,9-10,13-14,16H2,1-2H3,(H,39,41)/t22-,23-,26-,27+,30-,31-,32-/m0/s1. The van der Waals surface area contributed by atoms with E-state index in [1.807, 2.05) is 6.92 Å². The Balaban J connectivity index is 1.30. The number of fused-ring (bicyclic) bond motifs is 5. The topological polar surface area (TPSA) is 120 Å². The van der Waals surface area contributed by atoms with Crippen LogP contribution in [-0.2, 0) is 20.9 Å². The SMILES string of the molecule is C[C@]12CC(C=N)=C(Nc3ccc(F)c(CO)c3)C=C1CC[C@@H]1[C@@H]2[C@@H](O)C[C@@]2(C)[C@H]1CC[C@]2(OC(=O)C1CC1)C(=O)S. The molecule has 7 nitrogen and oxygen atoms in total. The van der Waals surface area contributed by atoms with E-state index >= 15 is 0 Å². The van der Waals surface area contributed by atoms with Crippen LogP contribution >= 0.6 is 12.6 Å². The molecule has 0 aromatic heterocycles. The summed E-state index contributed by atoms with van der Waals surface area (Å²) in [6.45, 7) is 3.79. The molecule has 220 valence electrons. The van der Waals surface area contributed by atoms with Crippen molar-refractivity contribution in [2.45, 2.75) is 83.5 Å².